The highest BCUT2D eigenvalue weighted by molar-refractivity contribution is 5.69. The van der Waals surface area contributed by atoms with Crippen LogP contribution in [0, 0.1) is 21.7 Å². The highest BCUT2D eigenvalue weighted by Gasteiger charge is 2.22. The Balaban J connectivity index is 2.28. The molecule has 0 unspecified atom stereocenters. The summed E-state index contributed by atoms with van der Waals surface area (Å²) in [4.78, 5) is 10.1. The lowest BCUT2D eigenvalue weighted by atomic mass is 10.2. The van der Waals surface area contributed by atoms with Crippen LogP contribution in [0.25, 0.3) is 0 Å². The van der Waals surface area contributed by atoms with Crippen LogP contribution in [0.4, 0.5) is 25.8 Å². The van der Waals surface area contributed by atoms with Gasteiger partial charge >= 0.3 is 0 Å². The van der Waals surface area contributed by atoms with E-state index >= 15 is 0 Å². The molecule has 0 aliphatic heterocycles. The average Bonchev–Trinajstić information content (AvgIpc) is 2.89. The largest absolute Gasteiger partial charge is 0.383 e. The fourth-order valence-corrected chi connectivity index (χ4v) is 1.69. The first-order valence-corrected chi connectivity index (χ1v) is 5.93. The first-order valence-electron chi connectivity index (χ1n) is 5.93. The van der Waals surface area contributed by atoms with Gasteiger partial charge in [-0.15, -0.1) is 0 Å². The van der Waals surface area contributed by atoms with E-state index in [2.05, 4.69) is 10.4 Å². The molecule has 0 saturated carbocycles. The Morgan fingerprint density at radius 2 is 2.24 bits per heavy atom. The summed E-state index contributed by atoms with van der Waals surface area (Å²) < 4.78 is 33.3. The monoisotopic (exact) mass is 298 g/mol. The quantitative estimate of drug-likeness (QED) is 0.654. The van der Waals surface area contributed by atoms with Crippen LogP contribution in [0.3, 0.4) is 0 Å². The molecule has 0 aliphatic carbocycles. The number of halogens is 2. The number of hydrogen-bond acceptors (Lipinski definition) is 5. The van der Waals surface area contributed by atoms with Crippen LogP contribution >= 0.6 is 0 Å². The fraction of sp³-hybridized carbons (Fsp3) is 0.250. The zero-order valence-corrected chi connectivity index (χ0v) is 11.0. The molecule has 2 aromatic rings. The van der Waals surface area contributed by atoms with Crippen LogP contribution in [0.2, 0.25) is 0 Å². The molecule has 1 heterocycles. The van der Waals surface area contributed by atoms with Gasteiger partial charge in [0.2, 0.25) is 0 Å². The van der Waals surface area contributed by atoms with E-state index in [4.69, 9.17) is 4.74 Å². The second-order valence-corrected chi connectivity index (χ2v) is 4.12. The smallest absolute Gasteiger partial charge is 0.295 e. The zero-order valence-electron chi connectivity index (χ0n) is 11.0. The van der Waals surface area contributed by atoms with Crippen LogP contribution in [0.1, 0.15) is 0 Å². The molecule has 0 atom stereocenters. The van der Waals surface area contributed by atoms with E-state index in [0.29, 0.717) is 24.9 Å². The van der Waals surface area contributed by atoms with E-state index in [-0.39, 0.29) is 0 Å². The van der Waals surface area contributed by atoms with Crippen LogP contribution < -0.4 is 5.32 Å². The summed E-state index contributed by atoms with van der Waals surface area (Å²) in [5.74, 6) is -2.48. The molecule has 0 saturated heterocycles. The number of benzene rings is 1. The summed E-state index contributed by atoms with van der Waals surface area (Å²) in [5, 5.41) is 17.3. The Kier molecular flexibility index (Phi) is 4.43. The van der Waals surface area contributed by atoms with E-state index in [1.54, 1.807) is 0 Å². The highest BCUT2D eigenvalue weighted by atomic mass is 19.2. The van der Waals surface area contributed by atoms with Gasteiger partial charge in [-0.25, -0.2) is 8.78 Å². The van der Waals surface area contributed by atoms with Gasteiger partial charge in [0, 0.05) is 19.4 Å². The number of nitro groups is 1. The van der Waals surface area contributed by atoms with Gasteiger partial charge < -0.3 is 10.1 Å². The van der Waals surface area contributed by atoms with Crippen LogP contribution in [-0.4, -0.2) is 28.4 Å². The standard InChI is InChI=1S/C12H12F2N4O3/c1-21-5-4-17-7-8(6-15-17)16-12-10(18(19)20)3-2-9(13)11(12)14/h2-3,6-7,16H,4-5H2,1H3. The molecular formula is C12H12F2N4O3. The van der Waals surface area contributed by atoms with Crippen molar-refractivity contribution in [2.75, 3.05) is 19.0 Å². The molecule has 0 bridgehead atoms. The third-order valence-corrected chi connectivity index (χ3v) is 2.70. The van der Waals surface area contributed by atoms with E-state index in [0.717, 1.165) is 6.07 Å². The van der Waals surface area contributed by atoms with Crippen LogP contribution in [0.15, 0.2) is 24.5 Å². The summed E-state index contributed by atoms with van der Waals surface area (Å²) in [5.41, 5.74) is -0.788. The van der Waals surface area contributed by atoms with Gasteiger partial charge in [0.1, 0.15) is 0 Å². The maximum atomic E-state index is 13.7. The van der Waals surface area contributed by atoms with Crippen molar-refractivity contribution < 1.29 is 18.4 Å². The van der Waals surface area contributed by atoms with Crippen molar-refractivity contribution in [2.45, 2.75) is 6.54 Å². The predicted octanol–water partition coefficient (Wildman–Crippen LogP) is 2.46. The third-order valence-electron chi connectivity index (χ3n) is 2.70. The Labute approximate surface area is 118 Å². The molecule has 0 fully saturated rings. The number of rotatable bonds is 6. The van der Waals surface area contributed by atoms with Gasteiger partial charge in [-0.1, -0.05) is 0 Å². The van der Waals surface area contributed by atoms with Gasteiger partial charge in [0.25, 0.3) is 5.69 Å². The predicted molar refractivity (Wildman–Crippen MR) is 70.4 cm³/mol. The van der Waals surface area contributed by atoms with Crippen molar-refractivity contribution in [2.24, 2.45) is 0 Å². The SMILES string of the molecule is COCCn1cc(Nc2c([N+](=O)[O-])ccc(F)c2F)cn1. The van der Waals surface area contributed by atoms with Crippen molar-refractivity contribution in [3.63, 3.8) is 0 Å². The lowest BCUT2D eigenvalue weighted by Crippen LogP contribution is -2.04. The van der Waals surface area contributed by atoms with E-state index < -0.39 is 27.9 Å². The molecule has 7 nitrogen and oxygen atoms in total. The molecule has 0 aliphatic rings. The van der Waals surface area contributed by atoms with Gasteiger partial charge in [-0.05, 0) is 6.07 Å². The van der Waals surface area contributed by atoms with Crippen LogP contribution in [0.5, 0.6) is 0 Å². The van der Waals surface area contributed by atoms with E-state index in [9.17, 15) is 18.9 Å². The Morgan fingerprint density at radius 3 is 2.90 bits per heavy atom. The van der Waals surface area contributed by atoms with Gasteiger partial charge in [0.15, 0.2) is 17.3 Å². The maximum Gasteiger partial charge on any atom is 0.295 e. The number of nitro benzene ring substituents is 1. The first-order chi connectivity index (χ1) is 10.0. The second-order valence-electron chi connectivity index (χ2n) is 4.12. The number of hydrogen-bond donors (Lipinski definition) is 1. The minimum Gasteiger partial charge on any atom is -0.383 e. The van der Waals surface area contributed by atoms with Crippen LogP contribution in [-0.2, 0) is 11.3 Å². The topological polar surface area (TPSA) is 82.2 Å². The number of nitrogens with one attached hydrogen (secondary N) is 1. The normalized spacial score (nSPS) is 10.6. The summed E-state index contributed by atoms with van der Waals surface area (Å²) >= 11 is 0. The van der Waals surface area contributed by atoms with Gasteiger partial charge in [-0.2, -0.15) is 5.10 Å². The van der Waals surface area contributed by atoms with Gasteiger partial charge in [-0.3, -0.25) is 14.8 Å². The van der Waals surface area contributed by atoms with Crippen molar-refractivity contribution >= 4 is 17.1 Å². The summed E-state index contributed by atoms with van der Waals surface area (Å²) in [7, 11) is 1.54. The summed E-state index contributed by atoms with van der Waals surface area (Å²) in [6.45, 7) is 0.890. The van der Waals surface area contributed by atoms with Gasteiger partial charge in [0.05, 0.1) is 30.0 Å². The Bertz CT molecular complexity index is 660. The summed E-state index contributed by atoms with van der Waals surface area (Å²) in [6.07, 6.45) is 2.86. The molecule has 0 amide bonds. The minimum atomic E-state index is -1.31. The Morgan fingerprint density at radius 1 is 1.48 bits per heavy atom. The third kappa shape index (κ3) is 3.31. The molecule has 112 valence electrons. The van der Waals surface area contributed by atoms with E-state index in [1.807, 2.05) is 0 Å². The molecule has 1 aromatic carbocycles. The van der Waals surface area contributed by atoms with Crippen molar-refractivity contribution in [3.05, 3.63) is 46.3 Å². The second kappa shape index (κ2) is 6.27. The van der Waals surface area contributed by atoms with E-state index in [1.165, 1.54) is 24.2 Å². The molecule has 21 heavy (non-hydrogen) atoms. The highest BCUT2D eigenvalue weighted by Crippen LogP contribution is 2.31. The molecular weight excluding hydrogens is 286 g/mol. The molecule has 1 N–H and O–H groups in total. The van der Waals surface area contributed by atoms with Crippen molar-refractivity contribution in [3.8, 4) is 0 Å². The lowest BCUT2D eigenvalue weighted by Gasteiger charge is -2.06. The molecule has 1 aromatic heterocycles. The average molecular weight is 298 g/mol. The molecule has 2 rings (SSSR count). The molecule has 0 radical (unpaired) electrons. The zero-order chi connectivity index (χ0) is 15.4. The number of ether oxygens (including phenoxy) is 1. The molecule has 0 spiro atoms. The first kappa shape index (κ1) is 14.9. The number of nitrogens with zero attached hydrogens (tertiary/aromatic N) is 3. The van der Waals surface area contributed by atoms with Crippen molar-refractivity contribution in [1.82, 2.24) is 9.78 Å². The van der Waals surface area contributed by atoms with Crippen molar-refractivity contribution in [1.29, 1.82) is 0 Å². The number of anilines is 2. The Hall–Kier alpha value is -2.55. The lowest BCUT2D eigenvalue weighted by molar-refractivity contribution is -0.384. The summed E-state index contributed by atoms with van der Waals surface area (Å²) in [6, 6.07) is 1.61. The number of aromatic nitrogens is 2. The maximum absolute atomic E-state index is 13.7. The fourth-order valence-electron chi connectivity index (χ4n) is 1.69. The molecule has 9 heteroatoms. The number of methoxy groups -OCH3 is 1. The minimum absolute atomic E-state index is 0.304.